The molecule has 0 spiro atoms. The van der Waals surface area contributed by atoms with Gasteiger partial charge in [0.15, 0.2) is 0 Å². The summed E-state index contributed by atoms with van der Waals surface area (Å²) in [5.74, 6) is 1.37. The van der Waals surface area contributed by atoms with E-state index >= 15 is 0 Å². The predicted octanol–water partition coefficient (Wildman–Crippen LogP) is 3.50. The molecule has 1 nitrogen and oxygen atoms in total. The first-order valence-corrected chi connectivity index (χ1v) is 6.40. The summed E-state index contributed by atoms with van der Waals surface area (Å²) < 4.78 is 0. The maximum absolute atomic E-state index is 6.17. The third-order valence-electron chi connectivity index (χ3n) is 3.41. The minimum absolute atomic E-state index is 0.665. The lowest BCUT2D eigenvalue weighted by Crippen LogP contribution is -2.28. The molecule has 0 radical (unpaired) electrons. The molecule has 0 aromatic carbocycles. The first kappa shape index (κ1) is 10.5. The molecule has 1 heterocycles. The summed E-state index contributed by atoms with van der Waals surface area (Å²) in [6, 6.07) is 2.68. The molecule has 1 N–H and O–H groups in total. The number of hydrogen-bond donors (Lipinski definition) is 1. The SMILES string of the molecule is CNC1CCC(c2sccc2Cl)C1C. The van der Waals surface area contributed by atoms with E-state index < -0.39 is 0 Å². The van der Waals surface area contributed by atoms with E-state index in [0.717, 1.165) is 5.02 Å². The van der Waals surface area contributed by atoms with Gasteiger partial charge in [-0.15, -0.1) is 11.3 Å². The number of halogens is 1. The molecule has 1 aliphatic rings. The number of thiophene rings is 1. The zero-order valence-electron chi connectivity index (χ0n) is 8.59. The standard InChI is InChI=1S/C11H16ClNS/c1-7-8(3-4-10(7)13-2)11-9(12)5-6-14-11/h5-8,10,13H,3-4H2,1-2H3. The Labute approximate surface area is 94.5 Å². The van der Waals surface area contributed by atoms with E-state index in [1.165, 1.54) is 17.7 Å². The lowest BCUT2D eigenvalue weighted by molar-refractivity contribution is 0.431. The molecular formula is C11H16ClNS. The topological polar surface area (TPSA) is 12.0 Å². The molecule has 0 amide bonds. The van der Waals surface area contributed by atoms with Crippen LogP contribution in [0, 0.1) is 5.92 Å². The van der Waals surface area contributed by atoms with Crippen molar-refractivity contribution in [3.05, 3.63) is 21.3 Å². The van der Waals surface area contributed by atoms with Gasteiger partial charge in [-0.25, -0.2) is 0 Å². The average Bonchev–Trinajstić information content (AvgIpc) is 2.72. The zero-order valence-corrected chi connectivity index (χ0v) is 10.2. The first-order valence-electron chi connectivity index (χ1n) is 5.14. The molecule has 1 saturated carbocycles. The second-order valence-corrected chi connectivity index (χ2v) is 5.43. The Morgan fingerprint density at radius 2 is 2.29 bits per heavy atom. The molecule has 2 rings (SSSR count). The van der Waals surface area contributed by atoms with Gasteiger partial charge in [-0.3, -0.25) is 0 Å². The minimum Gasteiger partial charge on any atom is -0.317 e. The summed E-state index contributed by atoms with van der Waals surface area (Å²) in [5.41, 5.74) is 0. The van der Waals surface area contributed by atoms with E-state index in [1.807, 2.05) is 6.07 Å². The van der Waals surface area contributed by atoms with Crippen LogP contribution in [-0.4, -0.2) is 13.1 Å². The van der Waals surface area contributed by atoms with E-state index in [4.69, 9.17) is 11.6 Å². The van der Waals surface area contributed by atoms with Gasteiger partial charge in [-0.05, 0) is 43.2 Å². The summed E-state index contributed by atoms with van der Waals surface area (Å²) in [5, 5.41) is 6.44. The third kappa shape index (κ3) is 1.71. The number of rotatable bonds is 2. The van der Waals surface area contributed by atoms with Crippen molar-refractivity contribution in [2.45, 2.75) is 31.7 Å². The highest BCUT2D eigenvalue weighted by Gasteiger charge is 2.34. The fourth-order valence-electron chi connectivity index (χ4n) is 2.51. The molecule has 3 heteroatoms. The van der Waals surface area contributed by atoms with Gasteiger partial charge in [-0.2, -0.15) is 0 Å². The summed E-state index contributed by atoms with van der Waals surface area (Å²) in [7, 11) is 2.06. The second kappa shape index (κ2) is 4.21. The molecule has 1 aromatic heterocycles. The van der Waals surface area contributed by atoms with E-state index in [1.54, 1.807) is 11.3 Å². The second-order valence-electron chi connectivity index (χ2n) is 4.07. The van der Waals surface area contributed by atoms with Crippen LogP contribution in [0.25, 0.3) is 0 Å². The van der Waals surface area contributed by atoms with Crippen molar-refractivity contribution in [2.75, 3.05) is 7.05 Å². The van der Waals surface area contributed by atoms with E-state index in [-0.39, 0.29) is 0 Å². The highest BCUT2D eigenvalue weighted by Crippen LogP contribution is 2.44. The van der Waals surface area contributed by atoms with Gasteiger partial charge < -0.3 is 5.32 Å². The largest absolute Gasteiger partial charge is 0.317 e. The Kier molecular flexibility index (Phi) is 3.15. The van der Waals surface area contributed by atoms with E-state index in [0.29, 0.717) is 17.9 Å². The van der Waals surface area contributed by atoms with Crippen molar-refractivity contribution in [2.24, 2.45) is 5.92 Å². The molecule has 3 unspecified atom stereocenters. The summed E-state index contributed by atoms with van der Waals surface area (Å²) in [6.07, 6.45) is 2.55. The first-order chi connectivity index (χ1) is 6.74. The lowest BCUT2D eigenvalue weighted by Gasteiger charge is -2.19. The quantitative estimate of drug-likeness (QED) is 0.819. The average molecular weight is 230 g/mol. The van der Waals surface area contributed by atoms with Crippen LogP contribution in [0.1, 0.15) is 30.6 Å². The van der Waals surface area contributed by atoms with Gasteiger partial charge in [0.1, 0.15) is 0 Å². The lowest BCUT2D eigenvalue weighted by atomic mass is 9.94. The molecule has 1 fully saturated rings. The maximum Gasteiger partial charge on any atom is 0.0547 e. The van der Waals surface area contributed by atoms with E-state index in [2.05, 4.69) is 24.7 Å². The zero-order chi connectivity index (χ0) is 10.1. The van der Waals surface area contributed by atoms with Crippen molar-refractivity contribution >= 4 is 22.9 Å². The van der Waals surface area contributed by atoms with Crippen LogP contribution in [0.5, 0.6) is 0 Å². The molecule has 3 atom stereocenters. The van der Waals surface area contributed by atoms with Gasteiger partial charge in [0.05, 0.1) is 5.02 Å². The number of hydrogen-bond acceptors (Lipinski definition) is 2. The Morgan fingerprint density at radius 3 is 2.79 bits per heavy atom. The van der Waals surface area contributed by atoms with Crippen LogP contribution < -0.4 is 5.32 Å². The molecule has 1 aromatic rings. The van der Waals surface area contributed by atoms with Gasteiger partial charge in [0.25, 0.3) is 0 Å². The fourth-order valence-corrected chi connectivity index (χ4v) is 3.96. The van der Waals surface area contributed by atoms with Crippen molar-refractivity contribution < 1.29 is 0 Å². The molecule has 0 saturated heterocycles. The number of nitrogens with one attached hydrogen (secondary N) is 1. The highest BCUT2D eigenvalue weighted by molar-refractivity contribution is 7.10. The molecule has 0 aliphatic heterocycles. The molecular weight excluding hydrogens is 214 g/mol. The van der Waals surface area contributed by atoms with Crippen LogP contribution in [-0.2, 0) is 0 Å². The monoisotopic (exact) mass is 229 g/mol. The Morgan fingerprint density at radius 1 is 1.50 bits per heavy atom. The molecule has 78 valence electrons. The van der Waals surface area contributed by atoms with Crippen molar-refractivity contribution in [3.63, 3.8) is 0 Å². The molecule has 1 aliphatic carbocycles. The van der Waals surface area contributed by atoms with Crippen LogP contribution in [0.15, 0.2) is 11.4 Å². The highest BCUT2D eigenvalue weighted by atomic mass is 35.5. The minimum atomic E-state index is 0.665. The summed E-state index contributed by atoms with van der Waals surface area (Å²) in [6.45, 7) is 2.33. The van der Waals surface area contributed by atoms with Gasteiger partial charge in [0, 0.05) is 10.9 Å². The Hall–Kier alpha value is -0.0500. The maximum atomic E-state index is 6.17. The van der Waals surface area contributed by atoms with Gasteiger partial charge >= 0.3 is 0 Å². The van der Waals surface area contributed by atoms with Crippen molar-refractivity contribution in [1.82, 2.24) is 5.32 Å². The summed E-state index contributed by atoms with van der Waals surface area (Å²) in [4.78, 5) is 1.39. The Bertz CT molecular complexity index is 310. The summed E-state index contributed by atoms with van der Waals surface area (Å²) >= 11 is 7.97. The van der Waals surface area contributed by atoms with Crippen LogP contribution in [0.2, 0.25) is 5.02 Å². The smallest absolute Gasteiger partial charge is 0.0547 e. The normalized spacial score (nSPS) is 32.4. The molecule has 14 heavy (non-hydrogen) atoms. The predicted molar refractivity (Wildman–Crippen MR) is 63.3 cm³/mol. The van der Waals surface area contributed by atoms with E-state index in [9.17, 15) is 0 Å². The molecule has 0 bridgehead atoms. The van der Waals surface area contributed by atoms with Gasteiger partial charge in [-0.1, -0.05) is 18.5 Å². The van der Waals surface area contributed by atoms with Crippen molar-refractivity contribution in [3.8, 4) is 0 Å². The van der Waals surface area contributed by atoms with Crippen molar-refractivity contribution in [1.29, 1.82) is 0 Å². The Balaban J connectivity index is 2.18. The van der Waals surface area contributed by atoms with Crippen LogP contribution >= 0.6 is 22.9 Å². The van der Waals surface area contributed by atoms with Crippen LogP contribution in [0.4, 0.5) is 0 Å². The fraction of sp³-hybridized carbons (Fsp3) is 0.636. The van der Waals surface area contributed by atoms with Gasteiger partial charge in [0.2, 0.25) is 0 Å². The third-order valence-corrected chi connectivity index (χ3v) is 4.90. The van der Waals surface area contributed by atoms with Crippen LogP contribution in [0.3, 0.4) is 0 Å².